The maximum absolute atomic E-state index is 6.13. The number of piperazine rings is 1. The molecule has 1 aromatic heterocycles. The molecule has 27 heavy (non-hydrogen) atoms. The third kappa shape index (κ3) is 4.09. The number of hydrogen-bond acceptors (Lipinski definition) is 4. The lowest BCUT2D eigenvalue weighted by atomic mass is 10.1. The number of fused-ring (bicyclic) bond motifs is 1. The normalized spacial score (nSPS) is 21.1. The van der Waals surface area contributed by atoms with Crippen molar-refractivity contribution in [1.82, 2.24) is 9.88 Å². The van der Waals surface area contributed by atoms with E-state index >= 15 is 0 Å². The Labute approximate surface area is 174 Å². The van der Waals surface area contributed by atoms with E-state index in [1.807, 2.05) is 18.2 Å². The molecular formula is C21H23Cl2N3S. The Kier molecular flexibility index (Phi) is 5.60. The average molecular weight is 420 g/mol. The molecule has 2 heterocycles. The third-order valence-corrected chi connectivity index (χ3v) is 6.84. The summed E-state index contributed by atoms with van der Waals surface area (Å²) >= 11 is 13.9. The van der Waals surface area contributed by atoms with E-state index < -0.39 is 0 Å². The Bertz CT molecular complexity index is 930. The monoisotopic (exact) mass is 419 g/mol. The molecule has 0 amide bonds. The highest BCUT2D eigenvalue weighted by atomic mass is 35.5. The predicted octanol–water partition coefficient (Wildman–Crippen LogP) is 5.79. The van der Waals surface area contributed by atoms with Gasteiger partial charge in [-0.2, -0.15) is 0 Å². The molecule has 6 heteroatoms. The van der Waals surface area contributed by atoms with Crippen molar-refractivity contribution in [3.05, 3.63) is 58.6 Å². The number of nitrogens with zero attached hydrogens (tertiary/aromatic N) is 3. The molecule has 0 saturated carbocycles. The van der Waals surface area contributed by atoms with E-state index in [4.69, 9.17) is 28.2 Å². The maximum atomic E-state index is 6.13. The second-order valence-electron chi connectivity index (χ2n) is 7.34. The van der Waals surface area contributed by atoms with Crippen LogP contribution in [-0.4, -0.2) is 35.1 Å². The Morgan fingerprint density at radius 3 is 2.56 bits per heavy atom. The average Bonchev–Trinajstić information content (AvgIpc) is 3.08. The van der Waals surface area contributed by atoms with Gasteiger partial charge in [-0.3, -0.25) is 4.90 Å². The van der Waals surface area contributed by atoms with Gasteiger partial charge in [-0.25, -0.2) is 4.98 Å². The summed E-state index contributed by atoms with van der Waals surface area (Å²) in [6.45, 7) is 7.52. The van der Waals surface area contributed by atoms with Crippen LogP contribution in [0.4, 0.5) is 5.13 Å². The lowest BCUT2D eigenvalue weighted by molar-refractivity contribution is 0.123. The number of rotatable bonds is 4. The van der Waals surface area contributed by atoms with Gasteiger partial charge < -0.3 is 4.90 Å². The molecule has 1 aliphatic rings. The maximum Gasteiger partial charge on any atom is 0.186 e. The molecule has 3 nitrogen and oxygen atoms in total. The molecule has 0 N–H and O–H groups in total. The number of halogens is 2. The van der Waals surface area contributed by atoms with Crippen molar-refractivity contribution in [3.63, 3.8) is 0 Å². The molecule has 2 aromatic carbocycles. The number of thiazole rings is 1. The first-order chi connectivity index (χ1) is 13.0. The van der Waals surface area contributed by atoms with Gasteiger partial charge in [0.2, 0.25) is 0 Å². The quantitative estimate of drug-likeness (QED) is 0.498. The molecule has 0 radical (unpaired) electrons. The summed E-state index contributed by atoms with van der Waals surface area (Å²) in [7, 11) is 0. The molecule has 2 unspecified atom stereocenters. The predicted molar refractivity (Wildman–Crippen MR) is 117 cm³/mol. The smallest absolute Gasteiger partial charge is 0.186 e. The van der Waals surface area contributed by atoms with E-state index in [0.29, 0.717) is 18.0 Å². The number of alkyl halides is 1. The standard InChI is InChI=1S/C21H23Cl2N3S/c1-14-11-25(21-24-19-7-6-18(23)9-20(19)27-21)12-15(2)26(14)13-17-5-3-4-16(8-17)10-22/h3-9,14-15H,10-13H2,1-2H3. The van der Waals surface area contributed by atoms with Gasteiger partial charge in [-0.05, 0) is 43.2 Å². The minimum absolute atomic E-state index is 0.448. The molecule has 2 atom stereocenters. The van der Waals surface area contributed by atoms with Gasteiger partial charge in [-0.1, -0.05) is 47.2 Å². The van der Waals surface area contributed by atoms with Crippen molar-refractivity contribution >= 4 is 49.9 Å². The lowest BCUT2D eigenvalue weighted by Crippen LogP contribution is -2.56. The lowest BCUT2D eigenvalue weighted by Gasteiger charge is -2.44. The Morgan fingerprint density at radius 2 is 1.81 bits per heavy atom. The molecule has 1 aliphatic heterocycles. The molecule has 4 rings (SSSR count). The van der Waals surface area contributed by atoms with E-state index in [1.54, 1.807) is 11.3 Å². The fraction of sp³-hybridized carbons (Fsp3) is 0.381. The van der Waals surface area contributed by atoms with Crippen LogP contribution >= 0.6 is 34.5 Å². The van der Waals surface area contributed by atoms with Crippen molar-refractivity contribution in [3.8, 4) is 0 Å². The van der Waals surface area contributed by atoms with E-state index in [-0.39, 0.29) is 0 Å². The van der Waals surface area contributed by atoms with Gasteiger partial charge in [0.05, 0.1) is 10.2 Å². The molecule has 1 saturated heterocycles. The second kappa shape index (κ2) is 7.96. The SMILES string of the molecule is CC1CN(c2nc3ccc(Cl)cc3s2)CC(C)N1Cc1cccc(CCl)c1. The molecule has 0 bridgehead atoms. The summed E-state index contributed by atoms with van der Waals surface area (Å²) in [5.41, 5.74) is 3.54. The van der Waals surface area contributed by atoms with Crippen LogP contribution in [0.1, 0.15) is 25.0 Å². The third-order valence-electron chi connectivity index (χ3n) is 5.22. The van der Waals surface area contributed by atoms with Crippen LogP contribution in [0.5, 0.6) is 0 Å². The summed E-state index contributed by atoms with van der Waals surface area (Å²) in [5.74, 6) is 0.564. The largest absolute Gasteiger partial charge is 0.345 e. The van der Waals surface area contributed by atoms with Gasteiger partial charge in [0, 0.05) is 42.6 Å². The second-order valence-corrected chi connectivity index (χ2v) is 9.05. The topological polar surface area (TPSA) is 19.4 Å². The number of benzene rings is 2. The van der Waals surface area contributed by atoms with Gasteiger partial charge in [-0.15, -0.1) is 11.6 Å². The van der Waals surface area contributed by atoms with Crippen molar-refractivity contribution in [2.75, 3.05) is 18.0 Å². The first-order valence-corrected chi connectivity index (χ1v) is 11.0. The number of hydrogen-bond donors (Lipinski definition) is 0. The molecular weight excluding hydrogens is 397 g/mol. The number of aromatic nitrogens is 1. The zero-order chi connectivity index (χ0) is 19.0. The van der Waals surface area contributed by atoms with Gasteiger partial charge >= 0.3 is 0 Å². The number of anilines is 1. The minimum atomic E-state index is 0.448. The van der Waals surface area contributed by atoms with Crippen LogP contribution in [0, 0.1) is 0 Å². The van der Waals surface area contributed by atoms with Crippen molar-refractivity contribution in [2.45, 2.75) is 38.4 Å². The highest BCUT2D eigenvalue weighted by Crippen LogP contribution is 2.33. The van der Waals surface area contributed by atoms with E-state index in [0.717, 1.165) is 40.0 Å². The van der Waals surface area contributed by atoms with Crippen LogP contribution in [0.25, 0.3) is 10.2 Å². The van der Waals surface area contributed by atoms with Crippen LogP contribution < -0.4 is 4.90 Å². The molecule has 3 aromatic rings. The Morgan fingerprint density at radius 1 is 1.07 bits per heavy atom. The van der Waals surface area contributed by atoms with E-state index in [1.165, 1.54) is 11.1 Å². The highest BCUT2D eigenvalue weighted by Gasteiger charge is 2.30. The highest BCUT2D eigenvalue weighted by molar-refractivity contribution is 7.22. The fourth-order valence-corrected chi connectivity index (χ4v) is 5.29. The van der Waals surface area contributed by atoms with Gasteiger partial charge in [0.25, 0.3) is 0 Å². The Balaban J connectivity index is 1.50. The Hall–Kier alpha value is -1.33. The zero-order valence-corrected chi connectivity index (χ0v) is 17.9. The summed E-state index contributed by atoms with van der Waals surface area (Å²) < 4.78 is 1.15. The van der Waals surface area contributed by atoms with E-state index in [2.05, 4.69) is 47.9 Å². The van der Waals surface area contributed by atoms with Gasteiger partial charge in [0.15, 0.2) is 5.13 Å². The summed E-state index contributed by atoms with van der Waals surface area (Å²) in [6.07, 6.45) is 0. The first-order valence-electron chi connectivity index (χ1n) is 9.24. The van der Waals surface area contributed by atoms with Crippen LogP contribution in [-0.2, 0) is 12.4 Å². The van der Waals surface area contributed by atoms with Crippen LogP contribution in [0.2, 0.25) is 5.02 Å². The van der Waals surface area contributed by atoms with Crippen LogP contribution in [0.15, 0.2) is 42.5 Å². The molecule has 0 spiro atoms. The van der Waals surface area contributed by atoms with Crippen molar-refractivity contribution in [2.24, 2.45) is 0 Å². The van der Waals surface area contributed by atoms with E-state index in [9.17, 15) is 0 Å². The van der Waals surface area contributed by atoms with Crippen molar-refractivity contribution in [1.29, 1.82) is 0 Å². The fourth-order valence-electron chi connectivity index (χ4n) is 3.87. The zero-order valence-electron chi connectivity index (χ0n) is 15.5. The summed E-state index contributed by atoms with van der Waals surface area (Å²) in [5, 5.41) is 1.86. The molecule has 0 aliphatic carbocycles. The molecule has 1 fully saturated rings. The first kappa shape index (κ1) is 19.0. The molecule has 142 valence electrons. The van der Waals surface area contributed by atoms with Crippen LogP contribution in [0.3, 0.4) is 0 Å². The summed E-state index contributed by atoms with van der Waals surface area (Å²) in [6, 6.07) is 15.4. The van der Waals surface area contributed by atoms with Gasteiger partial charge in [0.1, 0.15) is 0 Å². The van der Waals surface area contributed by atoms with Crippen molar-refractivity contribution < 1.29 is 0 Å². The summed E-state index contributed by atoms with van der Waals surface area (Å²) in [4.78, 5) is 9.82. The minimum Gasteiger partial charge on any atom is -0.345 e.